The van der Waals surface area contributed by atoms with Crippen LogP contribution in [0.25, 0.3) is 11.1 Å². The van der Waals surface area contributed by atoms with E-state index in [0.29, 0.717) is 53.4 Å². The zero-order chi connectivity index (χ0) is 60.9. The van der Waals surface area contributed by atoms with Crippen LogP contribution in [-0.2, 0) is 22.2 Å². The average molecular weight is 1230 g/mol. The third kappa shape index (κ3) is 12.5. The van der Waals surface area contributed by atoms with Gasteiger partial charge in [-0.05, 0) is 202 Å². The molecule has 2 aromatic carbocycles. The van der Waals surface area contributed by atoms with Crippen LogP contribution in [0.2, 0.25) is 0 Å². The number of hydrogen-bond acceptors (Lipinski definition) is 14. The van der Waals surface area contributed by atoms with Crippen LogP contribution in [0.3, 0.4) is 0 Å². The number of nitrogens with one attached hydrogen (secondary N) is 4. The molecule has 5 fully saturated rings. The quantitative estimate of drug-likeness (QED) is 0.0668. The third-order valence-corrected chi connectivity index (χ3v) is 20.1. The van der Waals surface area contributed by atoms with Gasteiger partial charge in [0.15, 0.2) is 11.6 Å². The van der Waals surface area contributed by atoms with Gasteiger partial charge in [0.25, 0.3) is 11.1 Å². The molecule has 13 rings (SSSR count). The number of carbonyl (C=O) groups is 2. The van der Waals surface area contributed by atoms with Gasteiger partial charge >= 0.3 is 7.12 Å². The van der Waals surface area contributed by atoms with Crippen molar-refractivity contribution >= 4 is 51.7 Å². The Bertz CT molecular complexity index is 3630. The second-order valence-corrected chi connectivity index (χ2v) is 27.0. The van der Waals surface area contributed by atoms with Crippen molar-refractivity contribution in [3.63, 3.8) is 0 Å². The van der Waals surface area contributed by atoms with E-state index in [1.54, 1.807) is 0 Å². The summed E-state index contributed by atoms with van der Waals surface area (Å²) in [5.74, 6) is 4.55. The first-order valence-corrected chi connectivity index (χ1v) is 31.8. The summed E-state index contributed by atoms with van der Waals surface area (Å²) in [6, 6.07) is 20.1. The molecule has 6 aromatic rings. The van der Waals surface area contributed by atoms with Crippen LogP contribution in [0.1, 0.15) is 170 Å². The highest BCUT2D eigenvalue weighted by molar-refractivity contribution is 9.10. The molecule has 3 saturated heterocycles. The molecule has 0 amide bonds. The Morgan fingerprint density at radius 1 is 0.616 bits per heavy atom. The zero-order valence-corrected chi connectivity index (χ0v) is 53.4. The third-order valence-electron chi connectivity index (χ3n) is 19.5. The highest BCUT2D eigenvalue weighted by atomic mass is 79.9. The van der Waals surface area contributed by atoms with Crippen molar-refractivity contribution in [1.82, 2.24) is 30.6 Å². The van der Waals surface area contributed by atoms with Gasteiger partial charge in [0.2, 0.25) is 0 Å². The summed E-state index contributed by atoms with van der Waals surface area (Å²) in [4.78, 5) is 70.7. The van der Waals surface area contributed by atoms with Crippen molar-refractivity contribution in [1.29, 1.82) is 0 Å². The van der Waals surface area contributed by atoms with Crippen LogP contribution >= 0.6 is 15.9 Å². The van der Waals surface area contributed by atoms with Gasteiger partial charge in [-0.15, -0.1) is 0 Å². The second kappa shape index (κ2) is 24.6. The maximum Gasteiger partial charge on any atom is 0.496 e. The number of halogens is 1. The first kappa shape index (κ1) is 61.2. The van der Waals surface area contributed by atoms with E-state index in [-0.39, 0.29) is 58.6 Å². The fraction of sp³-hybridized carbons (Fsp3) is 0.500. The molecule has 454 valence electrons. The molecule has 16 nitrogen and oxygen atoms in total. The molecule has 9 heterocycles. The standard InChI is InChI=1S/C31H36N4O3.C22H24BrNO3.C15H24BN3O2/c1-19-15-20(2)34-30(37)23(19)7-8-27(36)22-16-24(29-25(17-22)26-5-4-10-31(26,3)38-29)21-6-9-28(33-18-21)35-13-11-32-12-14-35;1-12-9-13(2)24-21(26)15(12)6-7-19(25)14-10-16-17-5-4-8-22(17,3)27-20(16)18(23)11-14;1-14(2)15(3,4)21-16(20-14)12-5-6-13(18-11-12)19-9-7-17-8-10-19/h6,9,15-18,26,32H,4-5,7-8,10-14H2,1-3H3,(H,34,37);9-11,17H,4-8H2,1-3H3,(H,24,26);5-6,11,17H,7-10H2,1-4H3/t26-,31-;17-,22-;/m00./s1. The monoisotopic (exact) mass is 1230 g/mol. The van der Waals surface area contributed by atoms with Crippen LogP contribution in [0, 0.1) is 27.7 Å². The fourth-order valence-electron chi connectivity index (χ4n) is 13.9. The molecule has 4 atom stereocenters. The number of benzene rings is 2. The number of anilines is 2. The fourth-order valence-corrected chi connectivity index (χ4v) is 14.4. The highest BCUT2D eigenvalue weighted by Gasteiger charge is 2.53. The van der Waals surface area contributed by atoms with Crippen molar-refractivity contribution in [3.8, 4) is 22.6 Å². The van der Waals surface area contributed by atoms with Crippen LogP contribution in [0.15, 0.2) is 87.1 Å². The normalized spacial score (nSPS) is 23.0. The van der Waals surface area contributed by atoms with Crippen molar-refractivity contribution < 1.29 is 28.4 Å². The number of aromatic nitrogens is 4. The number of pyridine rings is 4. The van der Waals surface area contributed by atoms with E-state index in [4.69, 9.17) is 23.8 Å². The minimum atomic E-state index is -0.334. The molecule has 0 bridgehead atoms. The minimum absolute atomic E-state index is 0.0467. The van der Waals surface area contributed by atoms with Crippen LogP contribution in [0.4, 0.5) is 11.6 Å². The van der Waals surface area contributed by atoms with E-state index >= 15 is 0 Å². The molecule has 0 unspecified atom stereocenters. The zero-order valence-electron chi connectivity index (χ0n) is 51.8. The van der Waals surface area contributed by atoms with Gasteiger partial charge in [-0.25, -0.2) is 9.97 Å². The molecular weight excluding hydrogens is 1150 g/mol. The van der Waals surface area contributed by atoms with Crippen LogP contribution in [0.5, 0.6) is 11.5 Å². The average Bonchev–Trinajstić information content (AvgIpc) is 1.65. The predicted molar refractivity (Wildman–Crippen MR) is 344 cm³/mol. The molecule has 2 aliphatic carbocycles. The Morgan fingerprint density at radius 3 is 1.55 bits per heavy atom. The van der Waals surface area contributed by atoms with Crippen molar-refractivity contribution in [2.24, 2.45) is 0 Å². The van der Waals surface area contributed by atoms with Crippen LogP contribution < -0.4 is 46.5 Å². The molecule has 2 saturated carbocycles. The Labute approximate surface area is 514 Å². The Kier molecular flexibility index (Phi) is 17.5. The number of nitrogens with zero attached hydrogens (tertiary/aromatic N) is 4. The van der Waals surface area contributed by atoms with E-state index in [1.165, 1.54) is 0 Å². The second-order valence-electron chi connectivity index (χ2n) is 26.2. The van der Waals surface area contributed by atoms with Gasteiger partial charge in [0, 0.05) is 151 Å². The van der Waals surface area contributed by atoms with Crippen LogP contribution in [-0.4, -0.2) is 113 Å². The number of Topliss-reactive ketones (excluding diaryl/α,β-unsaturated/α-hetero) is 2. The number of H-pyrrole nitrogens is 2. The number of piperazine rings is 2. The summed E-state index contributed by atoms with van der Waals surface area (Å²) in [6.07, 6.45) is 11.8. The summed E-state index contributed by atoms with van der Waals surface area (Å²) in [7, 11) is -0.334. The molecule has 4 aromatic heterocycles. The number of aromatic amines is 2. The maximum absolute atomic E-state index is 13.5. The van der Waals surface area contributed by atoms with E-state index in [1.807, 2.05) is 70.4 Å². The summed E-state index contributed by atoms with van der Waals surface area (Å²) >= 11 is 3.59. The number of fused-ring (bicyclic) bond motifs is 6. The number of rotatable bonds is 12. The Morgan fingerprint density at radius 2 is 1.08 bits per heavy atom. The summed E-state index contributed by atoms with van der Waals surface area (Å²) in [5.41, 5.74) is 10.3. The molecule has 0 spiro atoms. The van der Waals surface area contributed by atoms with Crippen molar-refractivity contribution in [2.75, 3.05) is 62.2 Å². The maximum atomic E-state index is 13.5. The lowest BCUT2D eigenvalue weighted by Gasteiger charge is -2.32. The predicted octanol–water partition coefficient (Wildman–Crippen LogP) is 10.5. The van der Waals surface area contributed by atoms with Gasteiger partial charge < -0.3 is 49.2 Å². The lowest BCUT2D eigenvalue weighted by atomic mass is 9.80. The van der Waals surface area contributed by atoms with Gasteiger partial charge in [-0.1, -0.05) is 6.07 Å². The molecule has 5 aliphatic heterocycles. The summed E-state index contributed by atoms with van der Waals surface area (Å²) in [5, 5.41) is 6.73. The van der Waals surface area contributed by atoms with Gasteiger partial charge in [-0.2, -0.15) is 0 Å². The van der Waals surface area contributed by atoms with Crippen molar-refractivity contribution in [3.05, 3.63) is 154 Å². The number of hydrogen-bond donors (Lipinski definition) is 4. The molecule has 0 radical (unpaired) electrons. The number of ether oxygens (including phenoxy) is 2. The number of aryl methyl sites for hydroxylation is 4. The topological polar surface area (TPSA) is 193 Å². The van der Waals surface area contributed by atoms with E-state index in [9.17, 15) is 19.2 Å². The molecular formula is C68H84BBrN8O8. The minimum Gasteiger partial charge on any atom is -0.486 e. The Hall–Kier alpha value is -6.44. The van der Waals surface area contributed by atoms with Gasteiger partial charge in [0.1, 0.15) is 34.3 Å². The van der Waals surface area contributed by atoms with Crippen molar-refractivity contribution in [2.45, 2.75) is 168 Å². The summed E-state index contributed by atoms with van der Waals surface area (Å²) < 4.78 is 25.9. The van der Waals surface area contributed by atoms with E-state index < -0.39 is 0 Å². The first-order chi connectivity index (χ1) is 41.0. The molecule has 18 heteroatoms. The lowest BCUT2D eigenvalue weighted by molar-refractivity contribution is 0.00578. The van der Waals surface area contributed by atoms with E-state index in [2.05, 4.69) is 123 Å². The highest BCUT2D eigenvalue weighted by Crippen LogP contribution is 2.58. The SMILES string of the molecule is CC1(C)OB(c2ccc(N3CCNCC3)nc2)OC1(C)C.Cc1cc(C)c(CCC(=O)c2cc(-c3ccc(N4CCNCC4)nc3)c3c(c2)[C@@H]2CCC[C@]2(C)O3)c(=O)[nH]1.Cc1cc(C)c(CCC(=O)c2cc(Br)c3c(c2)[C@@H]2CCC[C@]2(C)O3)c(=O)[nH]1. The van der Waals surface area contributed by atoms with Gasteiger partial charge in [0.05, 0.1) is 15.7 Å². The lowest BCUT2D eigenvalue weighted by Crippen LogP contribution is -2.44. The first-order valence-electron chi connectivity index (χ1n) is 31.0. The molecule has 4 N–H and O–H groups in total. The smallest absolute Gasteiger partial charge is 0.486 e. The Balaban J connectivity index is 0.000000141. The number of carbonyl (C=O) groups excluding carboxylic acids is 2. The largest absolute Gasteiger partial charge is 0.496 e. The molecule has 86 heavy (non-hydrogen) atoms. The summed E-state index contributed by atoms with van der Waals surface area (Å²) in [6.45, 7) is 28.1. The van der Waals surface area contributed by atoms with Gasteiger partial charge in [-0.3, -0.25) is 19.2 Å². The van der Waals surface area contributed by atoms with E-state index in [0.717, 1.165) is 169 Å². The number of ketones is 2. The molecule has 7 aliphatic rings.